The molecule has 1 unspecified atom stereocenters. The maximum absolute atomic E-state index is 13.5. The van der Waals surface area contributed by atoms with Gasteiger partial charge in [0, 0.05) is 22.3 Å². The first-order chi connectivity index (χ1) is 15.1. The molecule has 6 heteroatoms. The normalized spacial score (nSPS) is 11.8. The summed E-state index contributed by atoms with van der Waals surface area (Å²) in [7, 11) is 0. The average Bonchev–Trinajstić information content (AvgIpc) is 2.80. The van der Waals surface area contributed by atoms with Crippen LogP contribution in [0.25, 0.3) is 16.5 Å². The van der Waals surface area contributed by atoms with E-state index in [0.29, 0.717) is 17.0 Å². The molecule has 0 aliphatic heterocycles. The molecule has 0 aliphatic rings. The van der Waals surface area contributed by atoms with Crippen molar-refractivity contribution in [2.24, 2.45) is 0 Å². The highest BCUT2D eigenvalue weighted by atomic mass is 16.1. The first-order valence-electron chi connectivity index (χ1n) is 10.3. The average molecular weight is 412 g/mol. The van der Waals surface area contributed by atoms with Gasteiger partial charge in [0.15, 0.2) is 0 Å². The van der Waals surface area contributed by atoms with E-state index in [9.17, 15) is 4.79 Å². The minimum Gasteiger partial charge on any atom is -0.361 e. The van der Waals surface area contributed by atoms with Gasteiger partial charge in [0.25, 0.3) is 5.56 Å². The molecule has 0 radical (unpaired) electrons. The molecule has 0 saturated heterocycles. The molecule has 0 fully saturated rings. The van der Waals surface area contributed by atoms with Crippen molar-refractivity contribution >= 4 is 22.4 Å². The van der Waals surface area contributed by atoms with E-state index in [-0.39, 0.29) is 11.6 Å². The number of para-hydroxylation sites is 1. The molecule has 0 spiro atoms. The highest BCUT2D eigenvalue weighted by molar-refractivity contribution is 5.82. The van der Waals surface area contributed by atoms with Crippen LogP contribution in [-0.2, 0) is 0 Å². The number of fused-ring (bicyclic) bond motifs is 1. The fourth-order valence-electron chi connectivity index (χ4n) is 3.77. The molecular formula is C25H25N5O. The van der Waals surface area contributed by atoms with Crippen molar-refractivity contribution in [3.05, 3.63) is 101 Å². The molecule has 0 amide bonds. The summed E-state index contributed by atoms with van der Waals surface area (Å²) >= 11 is 0. The molecule has 2 N–H and O–H groups in total. The van der Waals surface area contributed by atoms with Crippen molar-refractivity contribution in [2.75, 3.05) is 10.6 Å². The third kappa shape index (κ3) is 3.92. The second-order valence-corrected chi connectivity index (χ2v) is 7.28. The van der Waals surface area contributed by atoms with Crippen molar-refractivity contribution in [1.29, 1.82) is 0 Å². The molecule has 0 saturated carbocycles. The number of benzene rings is 2. The molecule has 4 aromatic rings. The van der Waals surface area contributed by atoms with E-state index in [0.717, 1.165) is 28.8 Å². The highest BCUT2D eigenvalue weighted by Crippen LogP contribution is 2.28. The first kappa shape index (κ1) is 20.3. The number of anilines is 2. The Morgan fingerprint density at radius 2 is 1.77 bits per heavy atom. The lowest BCUT2D eigenvalue weighted by Gasteiger charge is -2.24. The molecule has 2 aromatic carbocycles. The number of nitrogens with one attached hydrogen (secondary N) is 2. The van der Waals surface area contributed by atoms with Crippen molar-refractivity contribution in [3.8, 4) is 5.69 Å². The van der Waals surface area contributed by atoms with E-state index in [2.05, 4.69) is 40.2 Å². The summed E-state index contributed by atoms with van der Waals surface area (Å²) in [5, 5.41) is 8.18. The van der Waals surface area contributed by atoms with E-state index in [1.807, 2.05) is 61.5 Å². The van der Waals surface area contributed by atoms with Gasteiger partial charge in [-0.15, -0.1) is 0 Å². The minimum atomic E-state index is -0.136. The summed E-state index contributed by atoms with van der Waals surface area (Å²) in [6.45, 7) is 7.74. The van der Waals surface area contributed by atoms with E-state index in [4.69, 9.17) is 0 Å². The Kier molecular flexibility index (Phi) is 5.80. The zero-order chi connectivity index (χ0) is 21.8. The zero-order valence-electron chi connectivity index (χ0n) is 17.7. The van der Waals surface area contributed by atoms with Gasteiger partial charge in [0.05, 0.1) is 6.04 Å². The van der Waals surface area contributed by atoms with Gasteiger partial charge in [-0.25, -0.2) is 9.97 Å². The topological polar surface area (TPSA) is 71.8 Å². The van der Waals surface area contributed by atoms with Crippen molar-refractivity contribution in [3.63, 3.8) is 0 Å². The van der Waals surface area contributed by atoms with Gasteiger partial charge in [0.1, 0.15) is 18.0 Å². The van der Waals surface area contributed by atoms with Crippen LogP contribution in [0, 0.1) is 6.92 Å². The van der Waals surface area contributed by atoms with Crippen LogP contribution in [-0.4, -0.2) is 14.5 Å². The third-order valence-corrected chi connectivity index (χ3v) is 5.37. The largest absolute Gasteiger partial charge is 0.361 e. The molecule has 2 heterocycles. The van der Waals surface area contributed by atoms with Gasteiger partial charge in [-0.05, 0) is 49.2 Å². The molecule has 4 rings (SSSR count). The van der Waals surface area contributed by atoms with Gasteiger partial charge in [-0.3, -0.25) is 9.36 Å². The molecule has 0 aliphatic carbocycles. The third-order valence-electron chi connectivity index (χ3n) is 5.37. The Hall–Kier alpha value is -3.93. The van der Waals surface area contributed by atoms with Crippen LogP contribution in [0.3, 0.4) is 0 Å². The molecule has 2 aromatic heterocycles. The van der Waals surface area contributed by atoms with Gasteiger partial charge in [0.2, 0.25) is 0 Å². The summed E-state index contributed by atoms with van der Waals surface area (Å²) < 4.78 is 1.79. The summed E-state index contributed by atoms with van der Waals surface area (Å²) in [5.74, 6) is 1.41. The van der Waals surface area contributed by atoms with Gasteiger partial charge < -0.3 is 10.6 Å². The highest BCUT2D eigenvalue weighted by Gasteiger charge is 2.20. The standard InChI is InChI=1S/C25H25N5O/c1-4-21(29-24-17(3)23(26-5-2)27-16-28-24)22-15-18-11-9-10-14-20(18)25(31)30(22)19-12-7-6-8-13-19/h5-16,21H,2,4H2,1,3H3,(H2,26,27,28,29). The molecule has 156 valence electrons. The lowest BCUT2D eigenvalue weighted by Crippen LogP contribution is -2.26. The van der Waals surface area contributed by atoms with E-state index in [1.165, 1.54) is 6.33 Å². The quantitative estimate of drug-likeness (QED) is 0.437. The van der Waals surface area contributed by atoms with Gasteiger partial charge in [-0.2, -0.15) is 0 Å². The lowest BCUT2D eigenvalue weighted by atomic mass is 10.0. The summed E-state index contributed by atoms with van der Waals surface area (Å²) in [6, 6.07) is 19.4. The maximum Gasteiger partial charge on any atom is 0.263 e. The number of aromatic nitrogens is 3. The van der Waals surface area contributed by atoms with E-state index < -0.39 is 0 Å². The Bertz CT molecular complexity index is 1280. The monoisotopic (exact) mass is 411 g/mol. The Morgan fingerprint density at radius 3 is 2.52 bits per heavy atom. The van der Waals surface area contributed by atoms with Crippen LogP contribution in [0.15, 0.2) is 84.6 Å². The number of nitrogens with zero attached hydrogens (tertiary/aromatic N) is 3. The molecule has 6 nitrogen and oxygen atoms in total. The Labute approximate surface area is 181 Å². The number of hydrogen-bond donors (Lipinski definition) is 2. The Balaban J connectivity index is 1.88. The summed E-state index contributed by atoms with van der Waals surface area (Å²) in [4.78, 5) is 22.2. The van der Waals surface area contributed by atoms with Gasteiger partial charge >= 0.3 is 0 Å². The number of hydrogen-bond acceptors (Lipinski definition) is 5. The van der Waals surface area contributed by atoms with E-state index >= 15 is 0 Å². The second kappa shape index (κ2) is 8.83. The zero-order valence-corrected chi connectivity index (χ0v) is 17.7. The molecule has 1 atom stereocenters. The first-order valence-corrected chi connectivity index (χ1v) is 10.3. The van der Waals surface area contributed by atoms with Crippen molar-refractivity contribution < 1.29 is 0 Å². The fourth-order valence-corrected chi connectivity index (χ4v) is 3.77. The molecule has 0 bridgehead atoms. The van der Waals surface area contributed by atoms with Crippen LogP contribution in [0.2, 0.25) is 0 Å². The maximum atomic E-state index is 13.5. The SMILES string of the molecule is C=CNc1ncnc(NC(CC)c2cc3ccccc3c(=O)n2-c2ccccc2)c1C. The van der Waals surface area contributed by atoms with Crippen LogP contribution in [0.4, 0.5) is 11.6 Å². The van der Waals surface area contributed by atoms with Gasteiger partial charge in [-0.1, -0.05) is 49.9 Å². The number of pyridine rings is 1. The predicted molar refractivity (Wildman–Crippen MR) is 127 cm³/mol. The summed E-state index contributed by atoms with van der Waals surface area (Å²) in [5.41, 5.74) is 2.57. The van der Waals surface area contributed by atoms with Crippen LogP contribution >= 0.6 is 0 Å². The van der Waals surface area contributed by atoms with Crippen molar-refractivity contribution in [1.82, 2.24) is 14.5 Å². The van der Waals surface area contributed by atoms with Crippen LogP contribution in [0.1, 0.15) is 30.6 Å². The van der Waals surface area contributed by atoms with Crippen LogP contribution < -0.4 is 16.2 Å². The number of rotatable bonds is 7. The predicted octanol–water partition coefficient (Wildman–Crippen LogP) is 5.21. The van der Waals surface area contributed by atoms with Crippen LogP contribution in [0.5, 0.6) is 0 Å². The molecular weight excluding hydrogens is 386 g/mol. The molecule has 31 heavy (non-hydrogen) atoms. The van der Waals surface area contributed by atoms with Crippen molar-refractivity contribution in [2.45, 2.75) is 26.3 Å². The smallest absolute Gasteiger partial charge is 0.263 e. The minimum absolute atomic E-state index is 0.0343. The fraction of sp³-hybridized carbons (Fsp3) is 0.160. The summed E-state index contributed by atoms with van der Waals surface area (Å²) in [6.07, 6.45) is 3.86. The lowest BCUT2D eigenvalue weighted by molar-refractivity contribution is 0.687. The Morgan fingerprint density at radius 1 is 1.06 bits per heavy atom. The second-order valence-electron chi connectivity index (χ2n) is 7.28. The van der Waals surface area contributed by atoms with E-state index in [1.54, 1.807) is 10.8 Å².